The highest BCUT2D eigenvalue weighted by molar-refractivity contribution is 6.60. The minimum Gasteiger partial charge on any atom is -0.527 e. The summed E-state index contributed by atoms with van der Waals surface area (Å²) in [7, 11) is 2.29. The second kappa shape index (κ2) is 11.7. The molecule has 0 spiro atoms. The molecule has 1 atom stereocenters. The van der Waals surface area contributed by atoms with Crippen LogP contribution in [0, 0.1) is 0 Å². The molecule has 1 unspecified atom stereocenters. The van der Waals surface area contributed by atoms with E-state index >= 15 is 0 Å². The molecule has 0 fully saturated rings. The summed E-state index contributed by atoms with van der Waals surface area (Å²) in [6.07, 6.45) is 0.249. The zero-order valence-electron chi connectivity index (χ0n) is 14.3. The third-order valence-corrected chi connectivity index (χ3v) is 6.40. The molecular weight excluding hydrogens is 314 g/mol. The lowest BCUT2D eigenvalue weighted by Gasteiger charge is -2.38. The summed E-state index contributed by atoms with van der Waals surface area (Å²) < 4.78 is 21.5. The minimum atomic E-state index is -2.51. The van der Waals surface area contributed by atoms with E-state index in [0.717, 1.165) is 13.0 Å². The SMILES string of the molecule is CO[Si-](CCCOCC(O)CNCc1ccccc1)(OC)OC. The van der Waals surface area contributed by atoms with Gasteiger partial charge in [-0.1, -0.05) is 42.8 Å². The van der Waals surface area contributed by atoms with Crippen molar-refractivity contribution in [2.45, 2.75) is 25.1 Å². The van der Waals surface area contributed by atoms with Crippen LogP contribution in [0.4, 0.5) is 0 Å². The molecule has 1 aromatic rings. The van der Waals surface area contributed by atoms with Crippen LogP contribution in [0.2, 0.25) is 6.04 Å². The Kier molecular flexibility index (Phi) is 10.3. The van der Waals surface area contributed by atoms with Gasteiger partial charge in [-0.15, -0.1) is 0 Å². The molecule has 0 saturated carbocycles. The van der Waals surface area contributed by atoms with E-state index in [1.807, 2.05) is 30.3 Å². The van der Waals surface area contributed by atoms with E-state index < -0.39 is 14.9 Å². The molecule has 2 N–H and O–H groups in total. The molecule has 133 valence electrons. The Morgan fingerprint density at radius 3 is 2.35 bits per heavy atom. The summed E-state index contributed by atoms with van der Waals surface area (Å²) in [6, 6.07) is 10.8. The maximum Gasteiger partial charge on any atom is 0.280 e. The summed E-state index contributed by atoms with van der Waals surface area (Å²) in [4.78, 5) is 0. The zero-order valence-corrected chi connectivity index (χ0v) is 15.3. The van der Waals surface area contributed by atoms with Gasteiger partial charge in [0.1, 0.15) is 0 Å². The molecule has 0 radical (unpaired) electrons. The molecule has 0 aliphatic carbocycles. The fourth-order valence-corrected chi connectivity index (χ4v) is 3.89. The summed E-state index contributed by atoms with van der Waals surface area (Å²) in [5, 5.41) is 13.1. The highest BCUT2D eigenvalue weighted by Gasteiger charge is 2.21. The summed E-state index contributed by atoms with van der Waals surface area (Å²) in [5.41, 5.74) is 1.20. The van der Waals surface area contributed by atoms with Crippen LogP contribution in [0.1, 0.15) is 12.0 Å². The van der Waals surface area contributed by atoms with E-state index in [9.17, 15) is 5.11 Å². The minimum absolute atomic E-state index is 0.309. The van der Waals surface area contributed by atoms with Crippen LogP contribution in [0.3, 0.4) is 0 Å². The topological polar surface area (TPSA) is 69.2 Å². The number of rotatable bonds is 13. The first-order chi connectivity index (χ1) is 11.2. The predicted octanol–water partition coefficient (Wildman–Crippen LogP) is 1.42. The van der Waals surface area contributed by atoms with Crippen molar-refractivity contribution in [3.63, 3.8) is 0 Å². The fourth-order valence-electron chi connectivity index (χ4n) is 2.20. The van der Waals surface area contributed by atoms with Crippen molar-refractivity contribution in [1.82, 2.24) is 5.32 Å². The van der Waals surface area contributed by atoms with Gasteiger partial charge in [-0.3, -0.25) is 0 Å². The molecule has 7 heteroatoms. The van der Waals surface area contributed by atoms with Gasteiger partial charge in [0.25, 0.3) is 8.80 Å². The number of aliphatic hydroxyl groups excluding tert-OH is 1. The molecule has 1 aromatic carbocycles. The molecule has 6 nitrogen and oxygen atoms in total. The highest BCUT2D eigenvalue weighted by Crippen LogP contribution is 2.14. The number of hydrogen-bond acceptors (Lipinski definition) is 6. The van der Waals surface area contributed by atoms with Gasteiger partial charge < -0.3 is 28.4 Å². The number of ether oxygens (including phenoxy) is 1. The van der Waals surface area contributed by atoms with E-state index in [-0.39, 0.29) is 0 Å². The summed E-state index contributed by atoms with van der Waals surface area (Å²) >= 11 is 0. The van der Waals surface area contributed by atoms with Gasteiger partial charge in [0.15, 0.2) is 0 Å². The normalized spacial score (nSPS) is 13.2. The van der Waals surface area contributed by atoms with E-state index in [4.69, 9.17) is 18.0 Å². The monoisotopic (exact) mass is 343 g/mol. The van der Waals surface area contributed by atoms with Crippen molar-refractivity contribution in [2.24, 2.45) is 0 Å². The number of aliphatic hydroxyl groups is 1. The molecule has 0 aromatic heterocycles. The average Bonchev–Trinajstić information content (AvgIpc) is 2.59. The molecular formula is C16H29NO5Si-. The second-order valence-corrected chi connectivity index (χ2v) is 8.33. The lowest BCUT2D eigenvalue weighted by Crippen LogP contribution is -2.42. The molecule has 0 amide bonds. The van der Waals surface area contributed by atoms with Gasteiger partial charge in [0.05, 0.1) is 12.7 Å². The molecule has 0 bridgehead atoms. The van der Waals surface area contributed by atoms with Gasteiger partial charge in [0, 0.05) is 19.7 Å². The van der Waals surface area contributed by atoms with E-state index in [2.05, 4.69) is 5.32 Å². The number of nitrogens with one attached hydrogen (secondary N) is 1. The first-order valence-corrected chi connectivity index (χ1v) is 9.75. The van der Waals surface area contributed by atoms with Crippen molar-refractivity contribution in [3.05, 3.63) is 35.9 Å². The molecule has 0 aliphatic rings. The number of hydrogen-bond donors (Lipinski definition) is 2. The maximum absolute atomic E-state index is 9.87. The van der Waals surface area contributed by atoms with Crippen molar-refractivity contribution in [3.8, 4) is 0 Å². The largest absolute Gasteiger partial charge is 0.527 e. The molecule has 0 heterocycles. The van der Waals surface area contributed by atoms with Crippen LogP contribution in [0.25, 0.3) is 0 Å². The van der Waals surface area contributed by atoms with Gasteiger partial charge in [-0.25, -0.2) is 0 Å². The Hall–Kier alpha value is -0.803. The van der Waals surface area contributed by atoms with Crippen LogP contribution >= 0.6 is 0 Å². The lowest BCUT2D eigenvalue weighted by molar-refractivity contribution is 0.0351. The van der Waals surface area contributed by atoms with Crippen molar-refractivity contribution in [2.75, 3.05) is 41.1 Å². The fraction of sp³-hybridized carbons (Fsp3) is 0.625. The Bertz CT molecular complexity index is 394. The van der Waals surface area contributed by atoms with E-state index in [0.29, 0.717) is 25.8 Å². The van der Waals surface area contributed by atoms with Gasteiger partial charge >= 0.3 is 0 Å². The Morgan fingerprint density at radius 2 is 1.74 bits per heavy atom. The molecule has 1 rings (SSSR count). The summed E-state index contributed by atoms with van der Waals surface area (Å²) in [5.74, 6) is 0. The third-order valence-electron chi connectivity index (χ3n) is 3.57. The first-order valence-electron chi connectivity index (χ1n) is 7.81. The first kappa shape index (κ1) is 20.2. The van der Waals surface area contributed by atoms with Crippen molar-refractivity contribution >= 4 is 8.80 Å². The van der Waals surface area contributed by atoms with Crippen LogP contribution < -0.4 is 5.32 Å². The highest BCUT2D eigenvalue weighted by atomic mass is 28.4. The van der Waals surface area contributed by atoms with Crippen LogP contribution in [-0.2, 0) is 24.6 Å². The van der Waals surface area contributed by atoms with E-state index in [1.165, 1.54) is 5.56 Å². The molecule has 0 aliphatic heterocycles. The van der Waals surface area contributed by atoms with Gasteiger partial charge in [-0.2, -0.15) is 0 Å². The Balaban J connectivity index is 2.06. The van der Waals surface area contributed by atoms with Crippen molar-refractivity contribution < 1.29 is 23.1 Å². The Labute approximate surface area is 140 Å². The summed E-state index contributed by atoms with van der Waals surface area (Å²) in [6.45, 7) is 2.09. The molecule has 0 saturated heterocycles. The van der Waals surface area contributed by atoms with Crippen LogP contribution in [0.15, 0.2) is 30.3 Å². The van der Waals surface area contributed by atoms with Gasteiger partial charge in [-0.05, 0) is 26.9 Å². The smallest absolute Gasteiger partial charge is 0.280 e. The second-order valence-electron chi connectivity index (χ2n) is 5.24. The number of benzene rings is 1. The maximum atomic E-state index is 9.87. The van der Waals surface area contributed by atoms with Crippen molar-refractivity contribution in [1.29, 1.82) is 0 Å². The van der Waals surface area contributed by atoms with E-state index in [1.54, 1.807) is 21.3 Å². The average molecular weight is 343 g/mol. The third kappa shape index (κ3) is 8.03. The lowest BCUT2D eigenvalue weighted by atomic mass is 10.2. The van der Waals surface area contributed by atoms with Gasteiger partial charge in [0.2, 0.25) is 0 Å². The zero-order chi connectivity index (χ0) is 17.0. The molecule has 23 heavy (non-hydrogen) atoms. The predicted molar refractivity (Wildman–Crippen MR) is 91.2 cm³/mol. The van der Waals surface area contributed by atoms with Crippen LogP contribution in [0.5, 0.6) is 0 Å². The quantitative estimate of drug-likeness (QED) is 0.417. The Morgan fingerprint density at radius 1 is 1.09 bits per heavy atom. The van der Waals surface area contributed by atoms with Crippen LogP contribution in [-0.4, -0.2) is 61.1 Å². The standard InChI is InChI=1S/C16H29NO5Si/c1-19-23(20-2,21-3)11-7-10-22-14-16(18)13-17-12-15-8-5-4-6-9-15/h4-6,8-9,16-18H,7,10-14H2,1-3H3/q-1.